The van der Waals surface area contributed by atoms with Crippen molar-refractivity contribution in [2.75, 3.05) is 13.1 Å². The maximum atomic E-state index is 12.8. The summed E-state index contributed by atoms with van der Waals surface area (Å²) in [5.74, 6) is -0.513. The third-order valence-corrected chi connectivity index (χ3v) is 4.41. The second-order valence-corrected chi connectivity index (χ2v) is 6.16. The van der Waals surface area contributed by atoms with Crippen LogP contribution in [-0.2, 0) is 0 Å². The first kappa shape index (κ1) is 18.9. The van der Waals surface area contributed by atoms with Gasteiger partial charge in [0.15, 0.2) is 17.1 Å². The van der Waals surface area contributed by atoms with E-state index < -0.39 is 5.91 Å². The molecule has 1 aliphatic rings. The van der Waals surface area contributed by atoms with Gasteiger partial charge in [-0.25, -0.2) is 9.97 Å². The second kappa shape index (κ2) is 7.77. The highest BCUT2D eigenvalue weighted by Crippen LogP contribution is 2.21. The van der Waals surface area contributed by atoms with E-state index in [9.17, 15) is 9.59 Å². The van der Waals surface area contributed by atoms with Gasteiger partial charge < -0.3 is 20.8 Å². The molecule has 2 amide bonds. The lowest BCUT2D eigenvalue weighted by Crippen LogP contribution is -2.37. The number of nitrogens with one attached hydrogen (secondary N) is 2. The zero-order chi connectivity index (χ0) is 18.1. The van der Waals surface area contributed by atoms with Crippen LogP contribution >= 0.6 is 12.4 Å². The molecule has 9 nitrogen and oxygen atoms in total. The van der Waals surface area contributed by atoms with Crippen molar-refractivity contribution in [1.29, 1.82) is 0 Å². The summed E-state index contributed by atoms with van der Waals surface area (Å²) in [5.41, 5.74) is 6.33. The first-order valence-electron chi connectivity index (χ1n) is 8.37. The molecule has 1 fully saturated rings. The number of nitrogens with two attached hydrogens (primary N) is 1. The molecule has 4 rings (SSSR count). The Labute approximate surface area is 160 Å². The van der Waals surface area contributed by atoms with Crippen molar-refractivity contribution in [3.8, 4) is 11.5 Å². The minimum Gasteiger partial charge on any atom is -0.463 e. The van der Waals surface area contributed by atoms with E-state index in [0.29, 0.717) is 23.7 Å². The number of imidazole rings is 1. The number of hydrogen-bond acceptors (Lipinski definition) is 6. The fourth-order valence-electron chi connectivity index (χ4n) is 3.11. The van der Waals surface area contributed by atoms with E-state index in [-0.39, 0.29) is 35.7 Å². The van der Waals surface area contributed by atoms with Crippen molar-refractivity contribution in [1.82, 2.24) is 25.0 Å². The lowest BCUT2D eigenvalue weighted by atomic mass is 10.2. The Morgan fingerprint density at radius 3 is 2.96 bits per heavy atom. The summed E-state index contributed by atoms with van der Waals surface area (Å²) in [7, 11) is 0. The number of carbonyl (C=O) groups excluding carboxylic acids is 2. The van der Waals surface area contributed by atoms with Gasteiger partial charge in [-0.2, -0.15) is 0 Å². The van der Waals surface area contributed by atoms with Crippen molar-refractivity contribution in [3.05, 3.63) is 42.2 Å². The van der Waals surface area contributed by atoms with E-state index >= 15 is 0 Å². The Bertz CT molecular complexity index is 963. The first-order valence-corrected chi connectivity index (χ1v) is 8.37. The molecule has 1 aliphatic heterocycles. The van der Waals surface area contributed by atoms with Gasteiger partial charge >= 0.3 is 0 Å². The molecule has 1 saturated heterocycles. The van der Waals surface area contributed by atoms with Crippen LogP contribution in [0.1, 0.15) is 33.8 Å². The van der Waals surface area contributed by atoms with Crippen molar-refractivity contribution >= 4 is 29.9 Å². The summed E-state index contributed by atoms with van der Waals surface area (Å²) in [6.07, 6.45) is 5.02. The molecule has 3 aromatic heterocycles. The number of amides is 2. The molecule has 3 aromatic rings. The number of halogens is 1. The molecule has 4 N–H and O–H groups in total. The number of hydrogen-bond donors (Lipinski definition) is 3. The number of fused-ring (bicyclic) bond motifs is 1. The van der Waals surface area contributed by atoms with Gasteiger partial charge in [-0.05, 0) is 37.6 Å². The van der Waals surface area contributed by atoms with Crippen molar-refractivity contribution < 1.29 is 14.0 Å². The summed E-state index contributed by atoms with van der Waals surface area (Å²) >= 11 is 0. The van der Waals surface area contributed by atoms with Crippen LogP contribution in [0.4, 0.5) is 0 Å². The van der Waals surface area contributed by atoms with Crippen molar-refractivity contribution in [2.45, 2.75) is 18.9 Å². The molecule has 1 unspecified atom stereocenters. The summed E-state index contributed by atoms with van der Waals surface area (Å²) in [5, 5.41) is 6.25. The van der Waals surface area contributed by atoms with E-state index in [1.165, 1.54) is 17.0 Å². The predicted molar refractivity (Wildman–Crippen MR) is 99.8 cm³/mol. The van der Waals surface area contributed by atoms with Crippen LogP contribution in [0.5, 0.6) is 0 Å². The molecule has 0 spiro atoms. The number of aromatic nitrogens is 3. The van der Waals surface area contributed by atoms with Crippen LogP contribution < -0.4 is 16.4 Å². The van der Waals surface area contributed by atoms with E-state index in [1.54, 1.807) is 18.2 Å². The molecule has 0 saturated carbocycles. The highest BCUT2D eigenvalue weighted by molar-refractivity contribution is 5.99. The number of primary amides is 1. The Morgan fingerprint density at radius 1 is 1.44 bits per heavy atom. The van der Waals surface area contributed by atoms with E-state index in [4.69, 9.17) is 10.2 Å². The summed E-state index contributed by atoms with van der Waals surface area (Å²) in [6.45, 7) is 1.49. The molecule has 1 atom stereocenters. The van der Waals surface area contributed by atoms with E-state index in [0.717, 1.165) is 19.4 Å². The second-order valence-electron chi connectivity index (χ2n) is 6.16. The predicted octanol–water partition coefficient (Wildman–Crippen LogP) is 0.992. The van der Waals surface area contributed by atoms with Crippen molar-refractivity contribution in [2.24, 2.45) is 5.73 Å². The Morgan fingerprint density at radius 2 is 2.30 bits per heavy atom. The number of carbonyl (C=O) groups is 2. The van der Waals surface area contributed by atoms with Gasteiger partial charge in [-0.1, -0.05) is 0 Å². The highest BCUT2D eigenvalue weighted by Gasteiger charge is 2.21. The summed E-state index contributed by atoms with van der Waals surface area (Å²) in [4.78, 5) is 32.8. The van der Waals surface area contributed by atoms with Gasteiger partial charge in [0.05, 0.1) is 6.26 Å². The standard InChI is InChI=1S/C17H18N6O3.ClH/c18-15(24)14-16-22-11(13-4-2-6-26-13)7-12(23(16)9-21-14)17(25)20-8-10-3-1-5-19-10;/h2,4,6-7,9-10,19H,1,3,5,8H2,(H2,18,24)(H,20,25);1H. The van der Waals surface area contributed by atoms with Crippen LogP contribution in [0, 0.1) is 0 Å². The minimum absolute atomic E-state index is 0. The largest absolute Gasteiger partial charge is 0.463 e. The quantitative estimate of drug-likeness (QED) is 0.596. The minimum atomic E-state index is -0.710. The van der Waals surface area contributed by atoms with Gasteiger partial charge in [0.25, 0.3) is 11.8 Å². The Kier molecular flexibility index (Phi) is 5.43. The molecule has 142 valence electrons. The number of nitrogens with zero attached hydrogens (tertiary/aromatic N) is 3. The third-order valence-electron chi connectivity index (χ3n) is 4.41. The van der Waals surface area contributed by atoms with Gasteiger partial charge in [0.2, 0.25) is 0 Å². The molecule has 0 bridgehead atoms. The molecular weight excluding hydrogens is 372 g/mol. The van der Waals surface area contributed by atoms with Crippen LogP contribution in [-0.4, -0.2) is 45.3 Å². The lowest BCUT2D eigenvalue weighted by molar-refractivity contribution is 0.0942. The molecule has 0 aliphatic carbocycles. The highest BCUT2D eigenvalue weighted by atomic mass is 35.5. The number of rotatable bonds is 5. The Balaban J connectivity index is 0.00000210. The van der Waals surface area contributed by atoms with E-state index in [2.05, 4.69) is 20.6 Å². The van der Waals surface area contributed by atoms with Gasteiger partial charge in [0, 0.05) is 12.6 Å². The summed E-state index contributed by atoms with van der Waals surface area (Å²) < 4.78 is 6.83. The molecule has 4 heterocycles. The fourth-order valence-corrected chi connectivity index (χ4v) is 3.11. The fraction of sp³-hybridized carbons (Fsp3) is 0.294. The van der Waals surface area contributed by atoms with Crippen LogP contribution in [0.15, 0.2) is 35.2 Å². The maximum Gasteiger partial charge on any atom is 0.271 e. The molecule has 0 aromatic carbocycles. The third kappa shape index (κ3) is 3.64. The zero-order valence-corrected chi connectivity index (χ0v) is 15.2. The zero-order valence-electron chi connectivity index (χ0n) is 14.3. The normalized spacial score (nSPS) is 16.2. The van der Waals surface area contributed by atoms with Crippen molar-refractivity contribution in [3.63, 3.8) is 0 Å². The molecule has 27 heavy (non-hydrogen) atoms. The number of furan rings is 1. The summed E-state index contributed by atoms with van der Waals surface area (Å²) in [6, 6.07) is 5.32. The first-order chi connectivity index (χ1) is 12.6. The average Bonchev–Trinajstić information content (AvgIpc) is 3.39. The van der Waals surface area contributed by atoms with Crippen LogP contribution in [0.3, 0.4) is 0 Å². The van der Waals surface area contributed by atoms with Gasteiger partial charge in [-0.15, -0.1) is 12.4 Å². The van der Waals surface area contributed by atoms with Gasteiger partial charge in [-0.3, -0.25) is 14.0 Å². The lowest BCUT2D eigenvalue weighted by Gasteiger charge is -2.13. The average molecular weight is 391 g/mol. The molecular formula is C17H19ClN6O3. The van der Waals surface area contributed by atoms with E-state index in [1.807, 2.05) is 0 Å². The van der Waals surface area contributed by atoms with Crippen LogP contribution in [0.25, 0.3) is 17.1 Å². The van der Waals surface area contributed by atoms with Crippen LogP contribution in [0.2, 0.25) is 0 Å². The van der Waals surface area contributed by atoms with Gasteiger partial charge in [0.1, 0.15) is 17.7 Å². The topological polar surface area (TPSA) is 128 Å². The molecule has 0 radical (unpaired) electrons. The monoisotopic (exact) mass is 390 g/mol. The Hall–Kier alpha value is -2.91. The maximum absolute atomic E-state index is 12.8. The molecule has 10 heteroatoms. The SMILES string of the molecule is Cl.NC(=O)c1ncn2c(C(=O)NCC3CCCN3)cc(-c3ccco3)nc12. The smallest absolute Gasteiger partial charge is 0.271 e.